The van der Waals surface area contributed by atoms with Crippen molar-refractivity contribution in [1.29, 1.82) is 0 Å². The molecule has 2 heterocycles. The summed E-state index contributed by atoms with van der Waals surface area (Å²) in [6.07, 6.45) is 1.61. The van der Waals surface area contributed by atoms with Gasteiger partial charge in [-0.3, -0.25) is 10.1 Å². The summed E-state index contributed by atoms with van der Waals surface area (Å²) in [7, 11) is 0. The molecule has 1 amide bonds. The van der Waals surface area contributed by atoms with Crippen molar-refractivity contribution in [3.8, 4) is 0 Å². The molecule has 0 spiro atoms. The lowest BCUT2D eigenvalue weighted by atomic mass is 10.1. The Morgan fingerprint density at radius 1 is 1.32 bits per heavy atom. The Kier molecular flexibility index (Phi) is 5.98. The van der Waals surface area contributed by atoms with Gasteiger partial charge in [0.2, 0.25) is 5.91 Å². The first kappa shape index (κ1) is 18.2. The molecule has 1 aromatic carbocycles. The van der Waals surface area contributed by atoms with Crippen LogP contribution in [0, 0.1) is 0 Å². The van der Waals surface area contributed by atoms with E-state index in [9.17, 15) is 13.6 Å². The lowest BCUT2D eigenvalue weighted by Gasteiger charge is -2.22. The van der Waals surface area contributed by atoms with Crippen LogP contribution in [0.3, 0.4) is 0 Å². The Morgan fingerprint density at radius 2 is 2.08 bits per heavy atom. The number of carbonyl (C=O) groups is 1. The van der Waals surface area contributed by atoms with Crippen LogP contribution in [0.25, 0.3) is 0 Å². The molecule has 2 aliphatic rings. The molecular formula is C18H24F2N2O3. The number of alkyl halides is 2. The minimum atomic E-state index is -2.80. The number of carbonyl (C=O) groups excluding carboxylic acids is 1. The third-order valence-corrected chi connectivity index (χ3v) is 4.54. The third-order valence-electron chi connectivity index (χ3n) is 4.54. The maximum atomic E-state index is 13.1. The second-order valence-electron chi connectivity index (χ2n) is 6.65. The summed E-state index contributed by atoms with van der Waals surface area (Å²) in [4.78, 5) is 12.0. The second-order valence-corrected chi connectivity index (χ2v) is 6.65. The number of ether oxygens (including phenoxy) is 2. The maximum Gasteiger partial charge on any atom is 0.262 e. The Bertz CT molecular complexity index is 591. The highest BCUT2D eigenvalue weighted by atomic mass is 19.3. The first-order chi connectivity index (χ1) is 12.0. The molecule has 3 rings (SSSR count). The molecule has 2 aliphatic heterocycles. The topological polar surface area (TPSA) is 59.6 Å². The fourth-order valence-corrected chi connectivity index (χ4v) is 3.10. The van der Waals surface area contributed by atoms with Gasteiger partial charge in [0.1, 0.15) is 0 Å². The SMILES string of the molecule is O=C(NCc1cccc(COC2CCOCC2)c1)C1CC(F)(F)CN1. The molecule has 25 heavy (non-hydrogen) atoms. The molecule has 5 nitrogen and oxygen atoms in total. The van der Waals surface area contributed by atoms with Crippen molar-refractivity contribution >= 4 is 5.91 Å². The Hall–Kier alpha value is -1.57. The number of benzene rings is 1. The molecule has 0 radical (unpaired) electrons. The van der Waals surface area contributed by atoms with Crippen LogP contribution in [0.15, 0.2) is 24.3 Å². The van der Waals surface area contributed by atoms with Gasteiger partial charge < -0.3 is 14.8 Å². The number of rotatable bonds is 6. The molecule has 0 bridgehead atoms. The van der Waals surface area contributed by atoms with Gasteiger partial charge in [-0.2, -0.15) is 0 Å². The summed E-state index contributed by atoms with van der Waals surface area (Å²) < 4.78 is 37.5. The fraction of sp³-hybridized carbons (Fsp3) is 0.611. The summed E-state index contributed by atoms with van der Waals surface area (Å²) >= 11 is 0. The van der Waals surface area contributed by atoms with Gasteiger partial charge in [0.25, 0.3) is 5.92 Å². The minimum absolute atomic E-state index is 0.229. The first-order valence-electron chi connectivity index (χ1n) is 8.68. The van der Waals surface area contributed by atoms with Crippen LogP contribution in [-0.2, 0) is 27.4 Å². The second kappa shape index (κ2) is 8.21. The normalized spacial score (nSPS) is 23.5. The monoisotopic (exact) mass is 354 g/mol. The average Bonchev–Trinajstić information content (AvgIpc) is 2.99. The summed E-state index contributed by atoms with van der Waals surface area (Å²) in [5.41, 5.74) is 1.95. The standard InChI is InChI=1S/C18H24F2N2O3/c19-18(20)9-16(22-12-18)17(23)21-10-13-2-1-3-14(8-13)11-25-15-4-6-24-7-5-15/h1-3,8,15-16,22H,4-7,9-12H2,(H,21,23). The zero-order valence-corrected chi connectivity index (χ0v) is 14.1. The molecular weight excluding hydrogens is 330 g/mol. The van der Waals surface area contributed by atoms with E-state index in [1.165, 1.54) is 0 Å². The van der Waals surface area contributed by atoms with E-state index in [-0.39, 0.29) is 12.0 Å². The molecule has 0 aliphatic carbocycles. The van der Waals surface area contributed by atoms with Crippen LogP contribution < -0.4 is 10.6 Å². The quantitative estimate of drug-likeness (QED) is 0.820. The molecule has 1 atom stereocenters. The predicted molar refractivity (Wildman–Crippen MR) is 88.3 cm³/mol. The van der Waals surface area contributed by atoms with Crippen LogP contribution >= 0.6 is 0 Å². The molecule has 2 saturated heterocycles. The summed E-state index contributed by atoms with van der Waals surface area (Å²) in [5.74, 6) is -3.19. The number of nitrogens with one attached hydrogen (secondary N) is 2. The molecule has 1 aromatic rings. The average molecular weight is 354 g/mol. The van der Waals surface area contributed by atoms with Crippen molar-refractivity contribution in [2.75, 3.05) is 19.8 Å². The van der Waals surface area contributed by atoms with E-state index in [4.69, 9.17) is 9.47 Å². The Morgan fingerprint density at radius 3 is 2.80 bits per heavy atom. The highest BCUT2D eigenvalue weighted by Crippen LogP contribution is 2.25. The van der Waals surface area contributed by atoms with Gasteiger partial charge in [0.15, 0.2) is 0 Å². The van der Waals surface area contributed by atoms with Crippen molar-refractivity contribution in [1.82, 2.24) is 10.6 Å². The molecule has 7 heteroatoms. The number of halogens is 2. The maximum absolute atomic E-state index is 13.1. The first-order valence-corrected chi connectivity index (χ1v) is 8.68. The van der Waals surface area contributed by atoms with Crippen LogP contribution in [0.2, 0.25) is 0 Å². The highest BCUT2D eigenvalue weighted by Gasteiger charge is 2.42. The van der Waals surface area contributed by atoms with E-state index in [1.807, 2.05) is 24.3 Å². The van der Waals surface area contributed by atoms with Crippen molar-refractivity contribution in [3.63, 3.8) is 0 Å². The number of hydrogen-bond acceptors (Lipinski definition) is 4. The molecule has 1 unspecified atom stereocenters. The van der Waals surface area contributed by atoms with E-state index in [0.717, 1.165) is 37.2 Å². The molecule has 138 valence electrons. The Labute approximate surface area is 146 Å². The number of hydrogen-bond donors (Lipinski definition) is 2. The van der Waals surface area contributed by atoms with Gasteiger partial charge in [0.05, 0.1) is 25.3 Å². The predicted octanol–water partition coefficient (Wildman–Crippen LogP) is 2.00. The summed E-state index contributed by atoms with van der Waals surface area (Å²) in [5, 5.41) is 5.28. The zero-order valence-electron chi connectivity index (χ0n) is 14.1. The highest BCUT2D eigenvalue weighted by molar-refractivity contribution is 5.82. The summed E-state index contributed by atoms with van der Waals surface area (Å²) in [6.45, 7) is 1.87. The van der Waals surface area contributed by atoms with Gasteiger partial charge in [-0.1, -0.05) is 24.3 Å². The third kappa shape index (κ3) is 5.45. The fourth-order valence-electron chi connectivity index (χ4n) is 3.10. The number of amides is 1. The minimum Gasteiger partial charge on any atom is -0.381 e. The van der Waals surface area contributed by atoms with Gasteiger partial charge in [0, 0.05) is 26.2 Å². The largest absolute Gasteiger partial charge is 0.381 e. The smallest absolute Gasteiger partial charge is 0.262 e. The van der Waals surface area contributed by atoms with Gasteiger partial charge in [-0.05, 0) is 24.0 Å². The van der Waals surface area contributed by atoms with Crippen molar-refractivity contribution in [2.24, 2.45) is 0 Å². The van der Waals surface area contributed by atoms with E-state index in [0.29, 0.717) is 13.2 Å². The van der Waals surface area contributed by atoms with Crippen molar-refractivity contribution in [3.05, 3.63) is 35.4 Å². The lowest BCUT2D eigenvalue weighted by Crippen LogP contribution is -2.40. The molecule has 0 aromatic heterocycles. The van der Waals surface area contributed by atoms with Crippen LogP contribution in [0.5, 0.6) is 0 Å². The van der Waals surface area contributed by atoms with E-state index in [2.05, 4.69) is 10.6 Å². The zero-order chi connectivity index (χ0) is 17.7. The Balaban J connectivity index is 1.45. The summed E-state index contributed by atoms with van der Waals surface area (Å²) in [6, 6.07) is 6.93. The van der Waals surface area contributed by atoms with Crippen LogP contribution in [0.4, 0.5) is 8.78 Å². The van der Waals surface area contributed by atoms with E-state index in [1.54, 1.807) is 0 Å². The van der Waals surface area contributed by atoms with Gasteiger partial charge >= 0.3 is 0 Å². The van der Waals surface area contributed by atoms with Crippen LogP contribution in [-0.4, -0.2) is 43.7 Å². The van der Waals surface area contributed by atoms with Crippen molar-refractivity contribution in [2.45, 2.75) is 50.5 Å². The molecule has 2 fully saturated rings. The van der Waals surface area contributed by atoms with E-state index >= 15 is 0 Å². The molecule has 2 N–H and O–H groups in total. The lowest BCUT2D eigenvalue weighted by molar-refractivity contribution is -0.123. The van der Waals surface area contributed by atoms with Gasteiger partial charge in [-0.25, -0.2) is 8.78 Å². The van der Waals surface area contributed by atoms with E-state index < -0.39 is 24.9 Å². The van der Waals surface area contributed by atoms with Gasteiger partial charge in [-0.15, -0.1) is 0 Å². The van der Waals surface area contributed by atoms with Crippen molar-refractivity contribution < 1.29 is 23.0 Å². The molecule has 0 saturated carbocycles. The van der Waals surface area contributed by atoms with Crippen LogP contribution in [0.1, 0.15) is 30.4 Å².